The van der Waals surface area contributed by atoms with Crippen molar-refractivity contribution in [3.8, 4) is 0 Å². The Morgan fingerprint density at radius 3 is 2.45 bits per heavy atom. The molecule has 1 aliphatic rings. The molecule has 1 N–H and O–H groups in total. The first-order valence-corrected chi connectivity index (χ1v) is 7.13. The number of carbonyl (C=O) groups excluding carboxylic acids is 1. The molecule has 1 aliphatic carbocycles. The van der Waals surface area contributed by atoms with Crippen LogP contribution in [0.5, 0.6) is 0 Å². The number of hydrogen-bond donors (Lipinski definition) is 1. The molecule has 1 fully saturated rings. The molecular formula is C16H21NO3. The summed E-state index contributed by atoms with van der Waals surface area (Å²) >= 11 is 0. The van der Waals surface area contributed by atoms with E-state index in [0.29, 0.717) is 6.42 Å². The smallest absolute Gasteiger partial charge is 0.323 e. The zero-order chi connectivity index (χ0) is 14.5. The Hall–Kier alpha value is -1.84. The summed E-state index contributed by atoms with van der Waals surface area (Å²) in [6.45, 7) is 1.89. The topological polar surface area (TPSA) is 57.6 Å². The molecule has 0 atom stereocenters. The third-order valence-electron chi connectivity index (χ3n) is 3.59. The Labute approximate surface area is 119 Å². The van der Waals surface area contributed by atoms with E-state index in [9.17, 15) is 9.59 Å². The molecule has 4 nitrogen and oxygen atoms in total. The Kier molecular flexibility index (Phi) is 4.77. The molecule has 0 saturated heterocycles. The van der Waals surface area contributed by atoms with Crippen molar-refractivity contribution >= 4 is 11.9 Å². The highest BCUT2D eigenvalue weighted by Gasteiger charge is 2.33. The van der Waals surface area contributed by atoms with E-state index in [1.807, 2.05) is 6.92 Å². The van der Waals surface area contributed by atoms with Crippen LogP contribution in [0.4, 0.5) is 0 Å². The lowest BCUT2D eigenvalue weighted by Crippen LogP contribution is -2.37. The molecule has 20 heavy (non-hydrogen) atoms. The molecular weight excluding hydrogens is 254 g/mol. The minimum Gasteiger partial charge on any atom is -0.480 e. The Morgan fingerprint density at radius 1 is 1.25 bits per heavy atom. The van der Waals surface area contributed by atoms with Gasteiger partial charge in [-0.15, -0.1) is 0 Å². The minimum absolute atomic E-state index is 0.0259. The first-order chi connectivity index (χ1) is 9.56. The molecule has 1 saturated carbocycles. The number of amides is 1. The number of nitrogens with zero attached hydrogens (tertiary/aromatic N) is 1. The van der Waals surface area contributed by atoms with Crippen LogP contribution < -0.4 is 0 Å². The van der Waals surface area contributed by atoms with Gasteiger partial charge in [0, 0.05) is 12.5 Å². The third kappa shape index (κ3) is 4.37. The monoisotopic (exact) mass is 275 g/mol. The van der Waals surface area contributed by atoms with E-state index in [-0.39, 0.29) is 18.5 Å². The van der Waals surface area contributed by atoms with Gasteiger partial charge in [-0.1, -0.05) is 29.8 Å². The predicted octanol–water partition coefficient (Wildman–Crippen LogP) is 2.39. The third-order valence-corrected chi connectivity index (χ3v) is 3.59. The van der Waals surface area contributed by atoms with Crippen molar-refractivity contribution in [3.63, 3.8) is 0 Å². The van der Waals surface area contributed by atoms with Gasteiger partial charge in [0.15, 0.2) is 0 Å². The summed E-state index contributed by atoms with van der Waals surface area (Å²) in [5.41, 5.74) is 2.45. The maximum atomic E-state index is 12.1. The van der Waals surface area contributed by atoms with Crippen molar-refractivity contribution in [3.05, 3.63) is 35.4 Å². The first kappa shape index (κ1) is 14.6. The zero-order valence-corrected chi connectivity index (χ0v) is 11.8. The fourth-order valence-corrected chi connectivity index (χ4v) is 2.29. The molecule has 4 heteroatoms. The molecule has 108 valence electrons. The van der Waals surface area contributed by atoms with Crippen molar-refractivity contribution in [1.29, 1.82) is 0 Å². The number of rotatable bonds is 7. The lowest BCUT2D eigenvalue weighted by Gasteiger charge is -2.20. The molecule has 0 heterocycles. The summed E-state index contributed by atoms with van der Waals surface area (Å²) in [4.78, 5) is 24.4. The van der Waals surface area contributed by atoms with Crippen LogP contribution in [0, 0.1) is 6.92 Å². The van der Waals surface area contributed by atoms with Crippen molar-refractivity contribution in [1.82, 2.24) is 4.90 Å². The second kappa shape index (κ2) is 6.55. The van der Waals surface area contributed by atoms with Crippen LogP contribution in [-0.4, -0.2) is 34.5 Å². The highest BCUT2D eigenvalue weighted by Crippen LogP contribution is 2.27. The maximum Gasteiger partial charge on any atom is 0.323 e. The van der Waals surface area contributed by atoms with Gasteiger partial charge >= 0.3 is 5.97 Å². The van der Waals surface area contributed by atoms with Crippen LogP contribution in [0.25, 0.3) is 0 Å². The van der Waals surface area contributed by atoms with Crippen LogP contribution in [0.15, 0.2) is 24.3 Å². The van der Waals surface area contributed by atoms with Crippen molar-refractivity contribution in [2.45, 2.75) is 45.1 Å². The van der Waals surface area contributed by atoms with Crippen molar-refractivity contribution in [2.24, 2.45) is 0 Å². The van der Waals surface area contributed by atoms with Gasteiger partial charge in [0.1, 0.15) is 6.54 Å². The fraction of sp³-hybridized carbons (Fsp3) is 0.500. The molecule has 1 amide bonds. The number of aliphatic carboxylic acids is 1. The lowest BCUT2D eigenvalue weighted by molar-refractivity contribution is -0.144. The molecule has 0 spiro atoms. The van der Waals surface area contributed by atoms with Gasteiger partial charge in [-0.2, -0.15) is 0 Å². The van der Waals surface area contributed by atoms with Crippen LogP contribution >= 0.6 is 0 Å². The molecule has 0 radical (unpaired) electrons. The van der Waals surface area contributed by atoms with Crippen LogP contribution in [0.1, 0.15) is 36.8 Å². The van der Waals surface area contributed by atoms with E-state index in [0.717, 1.165) is 25.7 Å². The SMILES string of the molecule is Cc1ccc(CCCC(=O)N(CC(=O)O)C2CC2)cc1. The molecule has 0 aliphatic heterocycles. The average Bonchev–Trinajstić information content (AvgIpc) is 3.22. The molecule has 0 bridgehead atoms. The number of benzene rings is 1. The van der Waals surface area contributed by atoms with E-state index in [1.165, 1.54) is 16.0 Å². The van der Waals surface area contributed by atoms with Crippen molar-refractivity contribution < 1.29 is 14.7 Å². The number of carboxylic acids is 1. The quantitative estimate of drug-likeness (QED) is 0.831. The van der Waals surface area contributed by atoms with E-state index < -0.39 is 5.97 Å². The summed E-state index contributed by atoms with van der Waals surface area (Å²) in [6, 6.07) is 8.46. The van der Waals surface area contributed by atoms with Crippen LogP contribution in [-0.2, 0) is 16.0 Å². The van der Waals surface area contributed by atoms with Gasteiger partial charge in [-0.3, -0.25) is 9.59 Å². The van der Waals surface area contributed by atoms with Crippen molar-refractivity contribution in [2.75, 3.05) is 6.54 Å². The van der Waals surface area contributed by atoms with E-state index >= 15 is 0 Å². The number of hydrogen-bond acceptors (Lipinski definition) is 2. The highest BCUT2D eigenvalue weighted by atomic mass is 16.4. The van der Waals surface area contributed by atoms with Gasteiger partial charge in [0.2, 0.25) is 5.91 Å². The summed E-state index contributed by atoms with van der Waals surface area (Å²) in [5, 5.41) is 8.84. The Bertz CT molecular complexity index is 477. The first-order valence-electron chi connectivity index (χ1n) is 7.13. The van der Waals surface area contributed by atoms with Gasteiger partial charge in [0.25, 0.3) is 0 Å². The summed E-state index contributed by atoms with van der Waals surface area (Å²) < 4.78 is 0. The molecule has 2 rings (SSSR count). The van der Waals surface area contributed by atoms with Crippen LogP contribution in [0.2, 0.25) is 0 Å². The molecule has 0 aromatic heterocycles. The largest absolute Gasteiger partial charge is 0.480 e. The summed E-state index contributed by atoms with van der Waals surface area (Å²) in [5.74, 6) is -0.953. The second-order valence-electron chi connectivity index (χ2n) is 5.49. The van der Waals surface area contributed by atoms with Gasteiger partial charge in [-0.25, -0.2) is 0 Å². The molecule has 1 aromatic carbocycles. The average molecular weight is 275 g/mol. The van der Waals surface area contributed by atoms with Gasteiger partial charge in [0.05, 0.1) is 0 Å². The Balaban J connectivity index is 1.78. The van der Waals surface area contributed by atoms with Crippen LogP contribution in [0.3, 0.4) is 0 Å². The lowest BCUT2D eigenvalue weighted by atomic mass is 10.1. The summed E-state index contributed by atoms with van der Waals surface area (Å²) in [7, 11) is 0. The predicted molar refractivity (Wildman–Crippen MR) is 76.5 cm³/mol. The standard InChI is InChI=1S/C16H21NO3/c1-12-5-7-13(8-6-12)3-2-4-15(18)17(11-16(19)20)14-9-10-14/h5-8,14H,2-4,9-11H2,1H3,(H,19,20). The highest BCUT2D eigenvalue weighted by molar-refractivity contribution is 5.81. The second-order valence-corrected chi connectivity index (χ2v) is 5.49. The van der Waals surface area contributed by atoms with E-state index in [4.69, 9.17) is 5.11 Å². The molecule has 0 unspecified atom stereocenters. The minimum atomic E-state index is -0.927. The van der Waals surface area contributed by atoms with Gasteiger partial charge in [-0.05, 0) is 38.2 Å². The molecule has 1 aromatic rings. The Morgan fingerprint density at radius 2 is 1.90 bits per heavy atom. The maximum absolute atomic E-state index is 12.1. The number of carbonyl (C=O) groups is 2. The normalized spacial score (nSPS) is 14.1. The summed E-state index contributed by atoms with van der Waals surface area (Å²) in [6.07, 6.45) is 3.94. The van der Waals surface area contributed by atoms with Gasteiger partial charge < -0.3 is 10.0 Å². The van der Waals surface area contributed by atoms with E-state index in [1.54, 1.807) is 0 Å². The fourth-order valence-electron chi connectivity index (χ4n) is 2.29. The number of carboxylic acid groups (broad SMARTS) is 1. The number of aryl methyl sites for hydroxylation is 2. The van der Waals surface area contributed by atoms with E-state index in [2.05, 4.69) is 24.3 Å². The zero-order valence-electron chi connectivity index (χ0n) is 11.8.